The van der Waals surface area contributed by atoms with Crippen LogP contribution in [0.3, 0.4) is 0 Å². The van der Waals surface area contributed by atoms with Gasteiger partial charge in [0.25, 0.3) is 11.8 Å². The van der Waals surface area contributed by atoms with Crippen LogP contribution in [-0.4, -0.2) is 16.7 Å². The van der Waals surface area contributed by atoms with E-state index in [0.29, 0.717) is 5.70 Å². The van der Waals surface area contributed by atoms with Crippen molar-refractivity contribution in [2.45, 2.75) is 13.8 Å². The Morgan fingerprint density at radius 3 is 2.20 bits per heavy atom. The van der Waals surface area contributed by atoms with Crippen LogP contribution in [0.1, 0.15) is 13.8 Å². The minimum Gasteiger partial charge on any atom is -0.269 e. The molecule has 0 saturated heterocycles. The van der Waals surface area contributed by atoms with Crippen LogP contribution in [0.2, 0.25) is 0 Å². The molecule has 1 heterocycles. The van der Waals surface area contributed by atoms with E-state index in [-0.39, 0.29) is 11.8 Å². The van der Waals surface area contributed by atoms with Crippen LogP contribution in [0.15, 0.2) is 48.2 Å². The highest BCUT2D eigenvalue weighted by Crippen LogP contribution is 2.15. The van der Waals surface area contributed by atoms with E-state index in [9.17, 15) is 9.59 Å². The molecular formula is C12H13NO2. The fourth-order valence-electron chi connectivity index (χ4n) is 1.26. The fourth-order valence-corrected chi connectivity index (χ4v) is 1.26. The second-order valence-electron chi connectivity index (χ2n) is 3.39. The third-order valence-corrected chi connectivity index (χ3v) is 1.79. The maximum atomic E-state index is 11.4. The summed E-state index contributed by atoms with van der Waals surface area (Å²) in [6.07, 6.45) is 7.48. The van der Waals surface area contributed by atoms with Gasteiger partial charge in [-0.25, -0.2) is 4.90 Å². The highest BCUT2D eigenvalue weighted by atomic mass is 16.2. The fraction of sp³-hybridized carbons (Fsp3) is 0.167. The molecule has 0 unspecified atom stereocenters. The third-order valence-electron chi connectivity index (χ3n) is 1.79. The molecule has 0 saturated carbocycles. The van der Waals surface area contributed by atoms with Crippen molar-refractivity contribution in [3.8, 4) is 0 Å². The molecule has 0 fully saturated rings. The lowest BCUT2D eigenvalue weighted by Gasteiger charge is -2.14. The van der Waals surface area contributed by atoms with Gasteiger partial charge < -0.3 is 0 Å². The van der Waals surface area contributed by atoms with Gasteiger partial charge >= 0.3 is 0 Å². The van der Waals surface area contributed by atoms with E-state index in [1.807, 2.05) is 13.8 Å². The van der Waals surface area contributed by atoms with Gasteiger partial charge in [0.05, 0.1) is 5.70 Å². The van der Waals surface area contributed by atoms with Gasteiger partial charge in [0, 0.05) is 12.2 Å². The van der Waals surface area contributed by atoms with E-state index in [1.54, 1.807) is 18.2 Å². The summed E-state index contributed by atoms with van der Waals surface area (Å²) in [4.78, 5) is 23.9. The first-order chi connectivity index (χ1) is 7.06. The first kappa shape index (κ1) is 11.2. The summed E-state index contributed by atoms with van der Waals surface area (Å²) in [5.41, 5.74) is 1.56. The first-order valence-electron chi connectivity index (χ1n) is 4.60. The molecule has 1 rings (SSSR count). The normalized spacial score (nSPS) is 15.9. The van der Waals surface area contributed by atoms with Crippen LogP contribution >= 0.6 is 0 Å². The molecule has 0 bridgehead atoms. The third kappa shape index (κ3) is 2.53. The van der Waals surface area contributed by atoms with Gasteiger partial charge in [-0.2, -0.15) is 0 Å². The van der Waals surface area contributed by atoms with E-state index in [4.69, 9.17) is 0 Å². The smallest absolute Gasteiger partial charge is 0.258 e. The molecule has 0 atom stereocenters. The average Bonchev–Trinajstić information content (AvgIpc) is 2.45. The molecule has 0 aromatic rings. The number of hydrogen-bond donors (Lipinski definition) is 0. The molecule has 2 amide bonds. The van der Waals surface area contributed by atoms with Crippen molar-refractivity contribution in [1.82, 2.24) is 4.90 Å². The number of imide groups is 1. The van der Waals surface area contributed by atoms with E-state index in [0.717, 1.165) is 10.5 Å². The predicted molar refractivity (Wildman–Crippen MR) is 58.7 cm³/mol. The zero-order chi connectivity index (χ0) is 11.4. The molecular weight excluding hydrogens is 190 g/mol. The first-order valence-corrected chi connectivity index (χ1v) is 4.60. The van der Waals surface area contributed by atoms with Gasteiger partial charge in [0.15, 0.2) is 0 Å². The summed E-state index contributed by atoms with van der Waals surface area (Å²) in [5.74, 6) is -0.629. The molecule has 0 aromatic heterocycles. The standard InChI is InChI=1S/C12H13NO2/c1-4-5-10(8-9(2)3)13-11(14)6-7-12(13)15/h4-8H,1H2,2-3H3/b10-5+. The summed E-state index contributed by atoms with van der Waals surface area (Å²) in [7, 11) is 0. The number of carbonyl (C=O) groups excluding carboxylic acids is 2. The summed E-state index contributed by atoms with van der Waals surface area (Å²) in [5, 5.41) is 0. The van der Waals surface area contributed by atoms with Gasteiger partial charge in [-0.1, -0.05) is 18.2 Å². The molecule has 1 aliphatic rings. The molecule has 0 spiro atoms. The van der Waals surface area contributed by atoms with Gasteiger partial charge in [0.1, 0.15) is 0 Å². The van der Waals surface area contributed by atoms with Crippen LogP contribution in [0.4, 0.5) is 0 Å². The molecule has 15 heavy (non-hydrogen) atoms. The van der Waals surface area contributed by atoms with E-state index >= 15 is 0 Å². The highest BCUT2D eigenvalue weighted by Gasteiger charge is 2.25. The van der Waals surface area contributed by atoms with Crippen molar-refractivity contribution < 1.29 is 9.59 Å². The number of rotatable bonds is 3. The van der Waals surface area contributed by atoms with Crippen molar-refractivity contribution in [2.24, 2.45) is 0 Å². The predicted octanol–water partition coefficient (Wildman–Crippen LogP) is 1.95. The summed E-state index contributed by atoms with van der Waals surface area (Å²) in [6, 6.07) is 0. The topological polar surface area (TPSA) is 37.4 Å². The van der Waals surface area contributed by atoms with E-state index in [2.05, 4.69) is 6.58 Å². The Hall–Kier alpha value is -1.90. The van der Waals surface area contributed by atoms with E-state index < -0.39 is 0 Å². The maximum absolute atomic E-state index is 11.4. The number of allylic oxidation sites excluding steroid dienone is 4. The molecule has 1 aliphatic heterocycles. The van der Waals surface area contributed by atoms with Gasteiger partial charge in [-0.3, -0.25) is 9.59 Å². The Kier molecular flexibility index (Phi) is 3.39. The second kappa shape index (κ2) is 4.55. The summed E-state index contributed by atoms with van der Waals surface area (Å²) >= 11 is 0. The molecule has 0 aliphatic carbocycles. The zero-order valence-electron chi connectivity index (χ0n) is 8.86. The largest absolute Gasteiger partial charge is 0.269 e. The Morgan fingerprint density at radius 1 is 1.27 bits per heavy atom. The van der Waals surface area contributed by atoms with Crippen molar-refractivity contribution in [3.05, 3.63) is 48.2 Å². The molecule has 0 N–H and O–H groups in total. The monoisotopic (exact) mass is 203 g/mol. The van der Waals surface area contributed by atoms with Gasteiger partial charge in [0.2, 0.25) is 0 Å². The van der Waals surface area contributed by atoms with Crippen molar-refractivity contribution in [2.75, 3.05) is 0 Å². The maximum Gasteiger partial charge on any atom is 0.258 e. The number of hydrogen-bond acceptors (Lipinski definition) is 2. The Labute approximate surface area is 89.1 Å². The number of amides is 2. The van der Waals surface area contributed by atoms with Gasteiger partial charge in [-0.05, 0) is 26.0 Å². The zero-order valence-corrected chi connectivity index (χ0v) is 8.86. The lowest BCUT2D eigenvalue weighted by atomic mass is 10.2. The Balaban J connectivity index is 3.07. The summed E-state index contributed by atoms with van der Waals surface area (Å²) in [6.45, 7) is 7.35. The van der Waals surface area contributed by atoms with Crippen LogP contribution in [0.5, 0.6) is 0 Å². The highest BCUT2D eigenvalue weighted by molar-refractivity contribution is 6.14. The minimum atomic E-state index is -0.314. The molecule has 0 aromatic carbocycles. The average molecular weight is 203 g/mol. The number of carbonyl (C=O) groups is 2. The Morgan fingerprint density at radius 2 is 1.80 bits per heavy atom. The quantitative estimate of drug-likeness (QED) is 0.519. The van der Waals surface area contributed by atoms with Crippen molar-refractivity contribution >= 4 is 11.8 Å². The summed E-state index contributed by atoms with van der Waals surface area (Å²) < 4.78 is 0. The van der Waals surface area contributed by atoms with Crippen LogP contribution in [0, 0.1) is 0 Å². The Bertz CT molecular complexity index is 378. The van der Waals surface area contributed by atoms with Crippen molar-refractivity contribution in [3.63, 3.8) is 0 Å². The van der Waals surface area contributed by atoms with Crippen molar-refractivity contribution in [1.29, 1.82) is 0 Å². The number of nitrogens with zero attached hydrogens (tertiary/aromatic N) is 1. The van der Waals surface area contributed by atoms with Crippen LogP contribution in [-0.2, 0) is 9.59 Å². The lowest BCUT2D eigenvalue weighted by molar-refractivity contribution is -0.134. The molecule has 3 heteroatoms. The van der Waals surface area contributed by atoms with Crippen LogP contribution < -0.4 is 0 Å². The second-order valence-corrected chi connectivity index (χ2v) is 3.39. The van der Waals surface area contributed by atoms with Crippen LogP contribution in [0.25, 0.3) is 0 Å². The molecule has 78 valence electrons. The minimum absolute atomic E-state index is 0.314. The lowest BCUT2D eigenvalue weighted by Crippen LogP contribution is -2.28. The molecule has 3 nitrogen and oxygen atoms in total. The molecule has 0 radical (unpaired) electrons. The van der Waals surface area contributed by atoms with E-state index in [1.165, 1.54) is 12.2 Å². The van der Waals surface area contributed by atoms with Gasteiger partial charge in [-0.15, -0.1) is 0 Å². The SMILES string of the molecule is C=C/C=C(\C=C(C)C)N1C(=O)C=CC1=O.